The first-order valence-electron chi connectivity index (χ1n) is 7.38. The Bertz CT molecular complexity index is 829. The van der Waals surface area contributed by atoms with E-state index >= 15 is 0 Å². The molecule has 0 radical (unpaired) electrons. The molecule has 0 spiro atoms. The molecular weight excluding hydrogens is 364 g/mol. The molecular formula is C16H15ClN4O3S. The number of amides is 2. The summed E-state index contributed by atoms with van der Waals surface area (Å²) in [6.45, 7) is 1.71. The van der Waals surface area contributed by atoms with Crippen LogP contribution in [-0.2, 0) is 27.3 Å². The Morgan fingerprint density at radius 2 is 2.04 bits per heavy atom. The maximum absolute atomic E-state index is 12.7. The van der Waals surface area contributed by atoms with Crippen LogP contribution in [0.1, 0.15) is 24.1 Å². The van der Waals surface area contributed by atoms with Crippen LogP contribution in [0, 0.1) is 0 Å². The largest absolute Gasteiger partial charge is 0.612 e. The van der Waals surface area contributed by atoms with Gasteiger partial charge >= 0.3 is 0 Å². The zero-order valence-electron chi connectivity index (χ0n) is 13.5. The van der Waals surface area contributed by atoms with Crippen molar-refractivity contribution in [1.82, 2.24) is 14.9 Å². The molecule has 130 valence electrons. The van der Waals surface area contributed by atoms with Gasteiger partial charge in [0.05, 0.1) is 18.1 Å². The lowest BCUT2D eigenvalue weighted by molar-refractivity contribution is -0.136. The van der Waals surface area contributed by atoms with Crippen LogP contribution in [0.2, 0.25) is 5.28 Å². The summed E-state index contributed by atoms with van der Waals surface area (Å²) in [6, 6.07) is 4.48. The molecule has 1 aromatic carbocycles. The monoisotopic (exact) mass is 378 g/mol. The van der Waals surface area contributed by atoms with Crippen molar-refractivity contribution < 1.29 is 14.1 Å². The van der Waals surface area contributed by atoms with Crippen LogP contribution >= 0.6 is 11.6 Å². The van der Waals surface area contributed by atoms with Gasteiger partial charge in [0.1, 0.15) is 12.3 Å². The van der Waals surface area contributed by atoms with Crippen molar-refractivity contribution in [1.29, 1.82) is 0 Å². The molecule has 1 N–H and O–H groups in total. The molecule has 7 nitrogen and oxygen atoms in total. The minimum atomic E-state index is -1.13. The van der Waals surface area contributed by atoms with E-state index in [4.69, 9.17) is 11.6 Å². The lowest BCUT2D eigenvalue weighted by Gasteiger charge is -2.23. The van der Waals surface area contributed by atoms with E-state index < -0.39 is 17.2 Å². The fourth-order valence-electron chi connectivity index (χ4n) is 2.77. The van der Waals surface area contributed by atoms with Crippen molar-refractivity contribution in [2.75, 3.05) is 11.6 Å². The molecule has 3 rings (SSSR count). The van der Waals surface area contributed by atoms with Gasteiger partial charge in [0.15, 0.2) is 4.90 Å². The van der Waals surface area contributed by atoms with Crippen molar-refractivity contribution in [3.8, 4) is 0 Å². The molecule has 0 aliphatic carbocycles. The van der Waals surface area contributed by atoms with Crippen LogP contribution in [0.3, 0.4) is 0 Å². The highest BCUT2D eigenvalue weighted by molar-refractivity contribution is 7.90. The number of nitrogens with zero attached hydrogens (tertiary/aromatic N) is 3. The van der Waals surface area contributed by atoms with Gasteiger partial charge in [0.25, 0.3) is 5.91 Å². The second-order valence-corrected chi connectivity index (χ2v) is 7.31. The van der Waals surface area contributed by atoms with Crippen molar-refractivity contribution in [2.24, 2.45) is 0 Å². The summed E-state index contributed by atoms with van der Waals surface area (Å²) >= 11 is 4.50. The van der Waals surface area contributed by atoms with Gasteiger partial charge in [0.2, 0.25) is 11.2 Å². The van der Waals surface area contributed by atoms with Gasteiger partial charge in [-0.1, -0.05) is 6.07 Å². The van der Waals surface area contributed by atoms with E-state index in [1.165, 1.54) is 24.2 Å². The lowest BCUT2D eigenvalue weighted by Crippen LogP contribution is -2.35. The molecule has 2 atom stereocenters. The number of benzene rings is 1. The Morgan fingerprint density at radius 1 is 1.36 bits per heavy atom. The second kappa shape index (κ2) is 6.99. The number of rotatable bonds is 3. The minimum Gasteiger partial charge on any atom is -0.612 e. The average Bonchev–Trinajstić information content (AvgIpc) is 2.95. The topological polar surface area (TPSA) is 98.2 Å². The number of carbonyl (C=O) groups excluding carboxylic acids is 2. The smallest absolute Gasteiger partial charge is 0.251 e. The Kier molecular flexibility index (Phi) is 4.94. The van der Waals surface area contributed by atoms with Gasteiger partial charge in [-0.3, -0.25) is 9.59 Å². The third kappa shape index (κ3) is 3.60. The molecule has 25 heavy (non-hydrogen) atoms. The van der Waals surface area contributed by atoms with E-state index in [2.05, 4.69) is 15.3 Å². The first kappa shape index (κ1) is 17.7. The number of carbonyl (C=O) groups is 2. The lowest BCUT2D eigenvalue weighted by atomic mass is 10.0. The van der Waals surface area contributed by atoms with Crippen molar-refractivity contribution in [2.45, 2.75) is 24.4 Å². The summed E-state index contributed by atoms with van der Waals surface area (Å²) < 4.78 is 11.7. The number of hydrogen-bond donors (Lipinski definition) is 1. The predicted molar refractivity (Wildman–Crippen MR) is 93.4 cm³/mol. The van der Waals surface area contributed by atoms with E-state index in [-0.39, 0.29) is 17.1 Å². The Morgan fingerprint density at radius 3 is 2.64 bits per heavy atom. The summed E-state index contributed by atoms with van der Waals surface area (Å²) in [4.78, 5) is 34.5. The molecule has 1 aromatic heterocycles. The maximum Gasteiger partial charge on any atom is 0.251 e. The number of nitrogens with one attached hydrogen (secondary N) is 1. The quantitative estimate of drug-likeness (QED) is 0.649. The SMILES string of the molecule is CC(=O)N1Cc2cc([S+](C)[O-])ccc2C1C(=O)Nc1cnc(Cl)nc1. The van der Waals surface area contributed by atoms with Crippen molar-refractivity contribution in [3.05, 3.63) is 47.0 Å². The summed E-state index contributed by atoms with van der Waals surface area (Å²) in [5, 5.41) is 2.78. The summed E-state index contributed by atoms with van der Waals surface area (Å²) in [5.74, 6) is -0.590. The minimum absolute atomic E-state index is 0.0784. The third-order valence-corrected chi connectivity index (χ3v) is 5.05. The molecule has 1 aliphatic heterocycles. The molecule has 2 aromatic rings. The van der Waals surface area contributed by atoms with Crippen LogP contribution in [-0.4, -0.2) is 37.5 Å². The summed E-state index contributed by atoms with van der Waals surface area (Å²) in [7, 11) is 0. The third-order valence-electron chi connectivity index (χ3n) is 3.93. The fraction of sp³-hybridized carbons (Fsp3) is 0.250. The summed E-state index contributed by atoms with van der Waals surface area (Å²) in [5.41, 5.74) is 1.92. The van der Waals surface area contributed by atoms with Gasteiger partial charge in [-0.25, -0.2) is 9.97 Å². The number of hydrogen-bond acceptors (Lipinski definition) is 5. The number of aromatic nitrogens is 2. The molecule has 0 saturated heterocycles. The standard InChI is InChI=1S/C16H15ClN4O3S/c1-9(22)21-8-10-5-12(25(2)24)3-4-13(10)14(21)15(23)20-11-6-18-16(17)19-7-11/h3-7,14H,8H2,1-2H3,(H,20,23). The van der Waals surface area contributed by atoms with Gasteiger partial charge < -0.3 is 14.8 Å². The van der Waals surface area contributed by atoms with Gasteiger partial charge in [-0.15, -0.1) is 0 Å². The predicted octanol–water partition coefficient (Wildman–Crippen LogP) is 1.91. The molecule has 2 amide bonds. The second-order valence-electron chi connectivity index (χ2n) is 5.59. The van der Waals surface area contributed by atoms with Crippen molar-refractivity contribution >= 4 is 40.3 Å². The first-order valence-corrected chi connectivity index (χ1v) is 9.32. The zero-order valence-corrected chi connectivity index (χ0v) is 15.1. The van der Waals surface area contributed by atoms with E-state index in [1.54, 1.807) is 24.5 Å². The highest BCUT2D eigenvalue weighted by Gasteiger charge is 2.37. The molecule has 0 bridgehead atoms. The van der Waals surface area contributed by atoms with Crippen LogP contribution in [0.25, 0.3) is 0 Å². The normalized spacial score (nSPS) is 17.1. The average molecular weight is 379 g/mol. The van der Waals surface area contributed by atoms with E-state index in [9.17, 15) is 14.1 Å². The number of halogens is 1. The molecule has 1 aliphatic rings. The molecule has 0 saturated carbocycles. The Labute approximate surface area is 152 Å². The summed E-state index contributed by atoms with van der Waals surface area (Å²) in [6.07, 6.45) is 4.37. The molecule has 9 heteroatoms. The first-order chi connectivity index (χ1) is 11.9. The van der Waals surface area contributed by atoms with Crippen LogP contribution < -0.4 is 5.32 Å². The van der Waals surface area contributed by atoms with Crippen molar-refractivity contribution in [3.63, 3.8) is 0 Å². The van der Waals surface area contributed by atoms with Crippen LogP contribution in [0.4, 0.5) is 5.69 Å². The van der Waals surface area contributed by atoms with E-state index in [1.807, 2.05) is 0 Å². The highest BCUT2D eigenvalue weighted by atomic mass is 35.5. The van der Waals surface area contributed by atoms with Crippen LogP contribution in [0.5, 0.6) is 0 Å². The van der Waals surface area contributed by atoms with Gasteiger partial charge in [-0.2, -0.15) is 0 Å². The molecule has 2 unspecified atom stereocenters. The van der Waals surface area contributed by atoms with Gasteiger partial charge in [0, 0.05) is 13.5 Å². The molecule has 2 heterocycles. The van der Waals surface area contributed by atoms with E-state index in [0.29, 0.717) is 17.1 Å². The zero-order chi connectivity index (χ0) is 18.1. The Hall–Kier alpha value is -2.16. The Balaban J connectivity index is 1.91. The number of anilines is 1. The fourth-order valence-corrected chi connectivity index (χ4v) is 3.44. The highest BCUT2D eigenvalue weighted by Crippen LogP contribution is 2.36. The maximum atomic E-state index is 12.7. The number of fused-ring (bicyclic) bond motifs is 1. The van der Waals surface area contributed by atoms with Gasteiger partial charge in [-0.05, 0) is 46.0 Å². The molecule has 0 fully saturated rings. The van der Waals surface area contributed by atoms with E-state index in [0.717, 1.165) is 11.1 Å². The van der Waals surface area contributed by atoms with Crippen LogP contribution in [0.15, 0.2) is 35.5 Å².